The van der Waals surface area contributed by atoms with Gasteiger partial charge in [0.15, 0.2) is 0 Å². The van der Waals surface area contributed by atoms with Crippen LogP contribution in [0.1, 0.15) is 38.7 Å². The van der Waals surface area contributed by atoms with Crippen LogP contribution >= 0.6 is 23.2 Å². The molecule has 7 nitrogen and oxygen atoms in total. The van der Waals surface area contributed by atoms with Crippen LogP contribution in [0, 0.1) is 0 Å². The maximum Gasteiger partial charge on any atom is 0.264 e. The largest absolute Gasteiger partial charge is 0.354 e. The molecule has 208 valence electrons. The van der Waals surface area contributed by atoms with Crippen LogP contribution in [0.15, 0.2) is 83.8 Å². The van der Waals surface area contributed by atoms with Gasteiger partial charge in [-0.1, -0.05) is 92.0 Å². The van der Waals surface area contributed by atoms with E-state index in [9.17, 15) is 18.0 Å². The predicted molar refractivity (Wildman–Crippen MR) is 156 cm³/mol. The number of benzene rings is 3. The molecule has 39 heavy (non-hydrogen) atoms. The van der Waals surface area contributed by atoms with Gasteiger partial charge < -0.3 is 10.2 Å². The molecule has 0 spiro atoms. The lowest BCUT2D eigenvalue weighted by atomic mass is 10.1. The molecule has 0 saturated carbocycles. The number of halogens is 2. The summed E-state index contributed by atoms with van der Waals surface area (Å²) in [4.78, 5) is 28.6. The number of rotatable bonds is 13. The standard InChI is InChI=1S/C29H33Cl2N3O4S/c1-3-5-16-32-29(36)27(4-2)33(20-22-12-8-6-9-13-22)28(35)21-34(25-18-23(30)17-24(31)19-25)39(37,38)26-14-10-7-11-15-26/h6-15,17-19,27H,3-5,16,20-21H2,1-2H3,(H,32,36)/t27-/m1/s1. The maximum absolute atomic E-state index is 14.0. The highest BCUT2D eigenvalue weighted by atomic mass is 35.5. The fourth-order valence-corrected chi connectivity index (χ4v) is 6.07. The van der Waals surface area contributed by atoms with E-state index in [2.05, 4.69) is 5.32 Å². The SMILES string of the molecule is CCCCNC(=O)[C@@H](CC)N(Cc1ccccc1)C(=O)CN(c1cc(Cl)cc(Cl)c1)S(=O)(=O)c1ccccc1. The van der Waals surface area contributed by atoms with E-state index in [0.717, 1.165) is 22.7 Å². The fraction of sp³-hybridized carbons (Fsp3) is 0.310. The Kier molecular flexibility index (Phi) is 11.2. The summed E-state index contributed by atoms with van der Waals surface area (Å²) < 4.78 is 28.6. The molecule has 0 unspecified atom stereocenters. The summed E-state index contributed by atoms with van der Waals surface area (Å²) in [5.41, 5.74) is 0.957. The minimum Gasteiger partial charge on any atom is -0.354 e. The number of hydrogen-bond acceptors (Lipinski definition) is 4. The summed E-state index contributed by atoms with van der Waals surface area (Å²) in [6.45, 7) is 3.92. The first-order chi connectivity index (χ1) is 18.7. The summed E-state index contributed by atoms with van der Waals surface area (Å²) in [7, 11) is -4.19. The summed E-state index contributed by atoms with van der Waals surface area (Å²) in [5.74, 6) is -0.814. The number of nitrogens with one attached hydrogen (secondary N) is 1. The van der Waals surface area contributed by atoms with E-state index in [-0.39, 0.29) is 33.1 Å². The lowest BCUT2D eigenvalue weighted by Gasteiger charge is -2.33. The Balaban J connectivity index is 2.04. The van der Waals surface area contributed by atoms with Crippen LogP contribution in [0.2, 0.25) is 10.0 Å². The molecule has 0 aliphatic heterocycles. The van der Waals surface area contributed by atoms with Crippen molar-refractivity contribution in [2.24, 2.45) is 0 Å². The molecule has 0 saturated heterocycles. The van der Waals surface area contributed by atoms with Crippen LogP contribution in [0.5, 0.6) is 0 Å². The molecule has 0 bridgehead atoms. The van der Waals surface area contributed by atoms with Crippen molar-refractivity contribution in [3.8, 4) is 0 Å². The van der Waals surface area contributed by atoms with Gasteiger partial charge in [-0.2, -0.15) is 0 Å². The van der Waals surface area contributed by atoms with E-state index in [1.165, 1.54) is 35.2 Å². The highest BCUT2D eigenvalue weighted by Crippen LogP contribution is 2.30. The molecule has 1 N–H and O–H groups in total. The van der Waals surface area contributed by atoms with Crippen molar-refractivity contribution < 1.29 is 18.0 Å². The van der Waals surface area contributed by atoms with Crippen LogP contribution in [-0.2, 0) is 26.2 Å². The van der Waals surface area contributed by atoms with Crippen molar-refractivity contribution in [1.29, 1.82) is 0 Å². The number of amides is 2. The molecule has 2 amide bonds. The summed E-state index contributed by atoms with van der Waals surface area (Å²) in [6, 6.07) is 20.7. The lowest BCUT2D eigenvalue weighted by molar-refractivity contribution is -0.140. The molecule has 0 fully saturated rings. The quantitative estimate of drug-likeness (QED) is 0.251. The van der Waals surface area contributed by atoms with Crippen LogP contribution in [0.25, 0.3) is 0 Å². The Morgan fingerprint density at radius 1 is 0.897 bits per heavy atom. The number of hydrogen-bond donors (Lipinski definition) is 1. The fourth-order valence-electron chi connectivity index (χ4n) is 4.14. The summed E-state index contributed by atoms with van der Waals surface area (Å²) in [6.07, 6.45) is 2.08. The number of unbranched alkanes of at least 4 members (excludes halogenated alkanes) is 1. The van der Waals surface area contributed by atoms with Gasteiger partial charge >= 0.3 is 0 Å². The van der Waals surface area contributed by atoms with Crippen LogP contribution in [0.4, 0.5) is 5.69 Å². The van der Waals surface area contributed by atoms with Crippen LogP contribution in [-0.4, -0.2) is 44.3 Å². The highest BCUT2D eigenvalue weighted by molar-refractivity contribution is 7.92. The molecule has 3 rings (SSSR count). The second kappa shape index (κ2) is 14.4. The van der Waals surface area contributed by atoms with Gasteiger partial charge in [0, 0.05) is 23.1 Å². The Morgan fingerprint density at radius 3 is 2.05 bits per heavy atom. The Labute approximate surface area is 240 Å². The third-order valence-electron chi connectivity index (χ3n) is 6.16. The second-order valence-electron chi connectivity index (χ2n) is 9.03. The Bertz CT molecular complexity index is 1340. The van der Waals surface area contributed by atoms with Crippen molar-refractivity contribution in [2.45, 2.75) is 50.6 Å². The minimum atomic E-state index is -4.19. The van der Waals surface area contributed by atoms with Gasteiger partial charge in [-0.15, -0.1) is 0 Å². The zero-order chi connectivity index (χ0) is 28.4. The van der Waals surface area contributed by atoms with Crippen molar-refractivity contribution in [1.82, 2.24) is 10.2 Å². The average Bonchev–Trinajstić information content (AvgIpc) is 2.92. The van der Waals surface area contributed by atoms with Gasteiger partial charge in [0.05, 0.1) is 10.6 Å². The molecule has 10 heteroatoms. The monoisotopic (exact) mass is 589 g/mol. The third kappa shape index (κ3) is 8.21. The van der Waals surface area contributed by atoms with E-state index >= 15 is 0 Å². The molecule has 3 aromatic carbocycles. The van der Waals surface area contributed by atoms with Gasteiger partial charge in [-0.25, -0.2) is 8.42 Å². The van der Waals surface area contributed by atoms with Gasteiger partial charge in [-0.3, -0.25) is 13.9 Å². The minimum absolute atomic E-state index is 0.00728. The number of nitrogens with zero attached hydrogens (tertiary/aromatic N) is 2. The maximum atomic E-state index is 14.0. The first-order valence-corrected chi connectivity index (χ1v) is 15.0. The molecule has 0 radical (unpaired) electrons. The van der Waals surface area contributed by atoms with Crippen molar-refractivity contribution in [2.75, 3.05) is 17.4 Å². The summed E-state index contributed by atoms with van der Waals surface area (Å²) >= 11 is 12.4. The van der Waals surface area contributed by atoms with Gasteiger partial charge in [-0.05, 0) is 48.7 Å². The van der Waals surface area contributed by atoms with E-state index in [4.69, 9.17) is 23.2 Å². The van der Waals surface area contributed by atoms with Crippen LogP contribution in [0.3, 0.4) is 0 Å². The normalized spacial score (nSPS) is 12.0. The first kappa shape index (κ1) is 30.5. The highest BCUT2D eigenvalue weighted by Gasteiger charge is 2.33. The number of anilines is 1. The zero-order valence-electron chi connectivity index (χ0n) is 22.0. The molecule has 0 aliphatic carbocycles. The molecular weight excluding hydrogens is 557 g/mol. The topological polar surface area (TPSA) is 86.8 Å². The van der Waals surface area contributed by atoms with Crippen molar-refractivity contribution in [3.05, 3.63) is 94.5 Å². The molecule has 0 heterocycles. The van der Waals surface area contributed by atoms with E-state index in [1.54, 1.807) is 18.2 Å². The van der Waals surface area contributed by atoms with Gasteiger partial charge in [0.1, 0.15) is 12.6 Å². The molecule has 0 aliphatic rings. The van der Waals surface area contributed by atoms with Gasteiger partial charge in [0.25, 0.3) is 10.0 Å². The third-order valence-corrected chi connectivity index (χ3v) is 8.38. The lowest BCUT2D eigenvalue weighted by Crippen LogP contribution is -2.52. The van der Waals surface area contributed by atoms with Crippen molar-refractivity contribution >= 4 is 50.7 Å². The Morgan fingerprint density at radius 2 is 1.49 bits per heavy atom. The molecule has 3 aromatic rings. The first-order valence-electron chi connectivity index (χ1n) is 12.8. The predicted octanol–water partition coefficient (Wildman–Crippen LogP) is 5.91. The Hall–Kier alpha value is -3.07. The van der Waals surface area contributed by atoms with E-state index in [0.29, 0.717) is 13.0 Å². The average molecular weight is 591 g/mol. The van der Waals surface area contributed by atoms with Crippen LogP contribution < -0.4 is 9.62 Å². The second-order valence-corrected chi connectivity index (χ2v) is 11.8. The molecular formula is C29H33Cl2N3O4S. The number of carbonyl (C=O) groups is 2. The zero-order valence-corrected chi connectivity index (χ0v) is 24.3. The summed E-state index contributed by atoms with van der Waals surface area (Å²) in [5, 5.41) is 3.36. The van der Waals surface area contributed by atoms with E-state index in [1.807, 2.05) is 44.2 Å². The molecule has 1 atom stereocenters. The number of carbonyl (C=O) groups excluding carboxylic acids is 2. The van der Waals surface area contributed by atoms with E-state index < -0.39 is 28.5 Å². The van der Waals surface area contributed by atoms with Crippen molar-refractivity contribution in [3.63, 3.8) is 0 Å². The van der Waals surface area contributed by atoms with Gasteiger partial charge in [0.2, 0.25) is 11.8 Å². The molecule has 0 aromatic heterocycles. The number of sulfonamides is 1. The smallest absolute Gasteiger partial charge is 0.264 e.